The Morgan fingerprint density at radius 3 is 2.67 bits per heavy atom. The van der Waals surface area contributed by atoms with Crippen molar-refractivity contribution in [2.75, 3.05) is 11.1 Å². The Kier molecular flexibility index (Phi) is 6.36. The molecule has 0 aliphatic heterocycles. The van der Waals surface area contributed by atoms with E-state index in [0.29, 0.717) is 28.3 Å². The van der Waals surface area contributed by atoms with E-state index in [4.69, 9.17) is 0 Å². The predicted molar refractivity (Wildman–Crippen MR) is 107 cm³/mol. The molecular formula is C18H19N5O2S2. The molecular weight excluding hydrogens is 382 g/mol. The maximum Gasteiger partial charge on any atom is 0.273 e. The van der Waals surface area contributed by atoms with Crippen molar-refractivity contribution in [3.8, 4) is 0 Å². The number of nitrogens with one attached hydrogen (secondary N) is 2. The number of aromatic nitrogens is 4. The van der Waals surface area contributed by atoms with Crippen molar-refractivity contribution in [3.05, 3.63) is 63.0 Å². The fourth-order valence-electron chi connectivity index (χ4n) is 2.31. The monoisotopic (exact) mass is 401 g/mol. The number of amides is 1. The van der Waals surface area contributed by atoms with E-state index in [9.17, 15) is 9.59 Å². The van der Waals surface area contributed by atoms with Crippen molar-refractivity contribution in [2.24, 2.45) is 0 Å². The van der Waals surface area contributed by atoms with Crippen LogP contribution in [0.3, 0.4) is 0 Å². The van der Waals surface area contributed by atoms with Gasteiger partial charge in [0.05, 0.1) is 5.75 Å². The molecule has 140 valence electrons. The smallest absolute Gasteiger partial charge is 0.273 e. The van der Waals surface area contributed by atoms with E-state index in [-0.39, 0.29) is 17.2 Å². The molecule has 0 aliphatic carbocycles. The molecule has 0 aliphatic rings. The molecule has 7 nitrogen and oxygen atoms in total. The second kappa shape index (κ2) is 8.92. The SMILES string of the molecule is CC(C)c1ccc(Cc2nnc(SCC(=O)Nc3nccs3)[nH]c2=O)cc1. The number of benzene rings is 1. The molecule has 2 N–H and O–H groups in total. The zero-order chi connectivity index (χ0) is 19.2. The molecule has 3 aromatic rings. The van der Waals surface area contributed by atoms with E-state index >= 15 is 0 Å². The lowest BCUT2D eigenvalue weighted by molar-refractivity contribution is -0.113. The second-order valence-electron chi connectivity index (χ2n) is 6.15. The third-order valence-electron chi connectivity index (χ3n) is 3.78. The molecule has 0 bridgehead atoms. The van der Waals surface area contributed by atoms with E-state index < -0.39 is 0 Å². The minimum absolute atomic E-state index is 0.111. The van der Waals surface area contributed by atoms with Crippen molar-refractivity contribution < 1.29 is 4.79 Å². The maximum atomic E-state index is 12.2. The van der Waals surface area contributed by atoms with Gasteiger partial charge in [0.15, 0.2) is 10.3 Å². The number of thiazole rings is 1. The van der Waals surface area contributed by atoms with E-state index in [1.54, 1.807) is 11.6 Å². The van der Waals surface area contributed by atoms with Gasteiger partial charge in [0.2, 0.25) is 5.91 Å². The highest BCUT2D eigenvalue weighted by atomic mass is 32.2. The second-order valence-corrected chi connectivity index (χ2v) is 8.01. The number of thioether (sulfide) groups is 1. The first-order valence-corrected chi connectivity index (χ1v) is 10.2. The molecule has 0 fully saturated rings. The summed E-state index contributed by atoms with van der Waals surface area (Å²) in [7, 11) is 0. The quantitative estimate of drug-likeness (QED) is 0.590. The highest BCUT2D eigenvalue weighted by molar-refractivity contribution is 7.99. The van der Waals surface area contributed by atoms with Crippen molar-refractivity contribution >= 4 is 34.1 Å². The molecule has 3 rings (SSSR count). The summed E-state index contributed by atoms with van der Waals surface area (Å²) in [5.41, 5.74) is 2.31. The van der Waals surface area contributed by atoms with Crippen LogP contribution in [0, 0.1) is 0 Å². The summed E-state index contributed by atoms with van der Waals surface area (Å²) in [6.45, 7) is 4.28. The van der Waals surface area contributed by atoms with Crippen molar-refractivity contribution in [1.82, 2.24) is 20.2 Å². The summed E-state index contributed by atoms with van der Waals surface area (Å²) in [5.74, 6) is 0.360. The number of aromatic amines is 1. The van der Waals surface area contributed by atoms with Gasteiger partial charge in [0.25, 0.3) is 5.56 Å². The van der Waals surface area contributed by atoms with E-state index in [2.05, 4.69) is 51.5 Å². The minimum atomic E-state index is -0.291. The van der Waals surface area contributed by atoms with Crippen molar-refractivity contribution in [2.45, 2.75) is 31.3 Å². The van der Waals surface area contributed by atoms with Crippen LogP contribution in [0.1, 0.15) is 36.6 Å². The van der Waals surface area contributed by atoms with Gasteiger partial charge in [-0.2, -0.15) is 0 Å². The van der Waals surface area contributed by atoms with Crippen LogP contribution in [-0.4, -0.2) is 31.8 Å². The zero-order valence-electron chi connectivity index (χ0n) is 14.9. The van der Waals surface area contributed by atoms with Gasteiger partial charge in [-0.15, -0.1) is 21.5 Å². The lowest BCUT2D eigenvalue weighted by atomic mass is 10.0. The van der Waals surface area contributed by atoms with Crippen LogP contribution < -0.4 is 10.9 Å². The van der Waals surface area contributed by atoms with Gasteiger partial charge in [-0.25, -0.2) is 4.98 Å². The number of rotatable bonds is 7. The lowest BCUT2D eigenvalue weighted by Crippen LogP contribution is -2.19. The minimum Gasteiger partial charge on any atom is -0.301 e. The molecule has 0 radical (unpaired) electrons. The number of hydrogen-bond acceptors (Lipinski definition) is 7. The van der Waals surface area contributed by atoms with E-state index in [0.717, 1.165) is 17.3 Å². The maximum absolute atomic E-state index is 12.2. The van der Waals surface area contributed by atoms with Crippen LogP contribution >= 0.6 is 23.1 Å². The fraction of sp³-hybridized carbons (Fsp3) is 0.278. The Labute approximate surface area is 164 Å². The van der Waals surface area contributed by atoms with Gasteiger partial charge in [0.1, 0.15) is 5.69 Å². The largest absolute Gasteiger partial charge is 0.301 e. The van der Waals surface area contributed by atoms with Gasteiger partial charge < -0.3 is 5.32 Å². The third-order valence-corrected chi connectivity index (χ3v) is 5.33. The Hall–Kier alpha value is -2.52. The normalized spacial score (nSPS) is 10.9. The van der Waals surface area contributed by atoms with Crippen LogP contribution in [0.2, 0.25) is 0 Å². The van der Waals surface area contributed by atoms with Crippen LogP contribution in [-0.2, 0) is 11.2 Å². The summed E-state index contributed by atoms with van der Waals surface area (Å²) in [4.78, 5) is 30.8. The molecule has 0 saturated carbocycles. The standard InChI is InChI=1S/C18H19N5O2S2/c1-11(2)13-5-3-12(4-6-13)9-14-16(25)21-18(23-22-14)27-10-15(24)20-17-19-7-8-26-17/h3-8,11H,9-10H2,1-2H3,(H,19,20,24)(H,21,23,25). The summed E-state index contributed by atoms with van der Waals surface area (Å²) >= 11 is 2.46. The van der Waals surface area contributed by atoms with Gasteiger partial charge in [0, 0.05) is 18.0 Å². The molecule has 2 aromatic heterocycles. The number of H-pyrrole nitrogens is 1. The first kappa shape index (κ1) is 19.2. The Morgan fingerprint density at radius 2 is 2.04 bits per heavy atom. The van der Waals surface area contributed by atoms with Gasteiger partial charge in [-0.3, -0.25) is 14.6 Å². The molecule has 27 heavy (non-hydrogen) atoms. The average Bonchev–Trinajstić information content (AvgIpc) is 3.15. The van der Waals surface area contributed by atoms with Crippen LogP contribution in [0.15, 0.2) is 45.8 Å². The first-order valence-electron chi connectivity index (χ1n) is 8.38. The number of anilines is 1. The van der Waals surface area contributed by atoms with Crippen LogP contribution in [0.4, 0.5) is 5.13 Å². The molecule has 1 aromatic carbocycles. The third kappa shape index (κ3) is 5.48. The number of hydrogen-bond donors (Lipinski definition) is 2. The highest BCUT2D eigenvalue weighted by Crippen LogP contribution is 2.16. The topological polar surface area (TPSA) is 101 Å². The molecule has 0 atom stereocenters. The Morgan fingerprint density at radius 1 is 1.26 bits per heavy atom. The summed E-state index contributed by atoms with van der Waals surface area (Å²) in [5, 5.41) is 13.3. The molecule has 0 saturated heterocycles. The number of carbonyl (C=O) groups excluding carboxylic acids is 1. The van der Waals surface area contributed by atoms with Gasteiger partial charge in [-0.1, -0.05) is 49.9 Å². The molecule has 0 spiro atoms. The summed E-state index contributed by atoms with van der Waals surface area (Å²) in [6, 6.07) is 8.13. The fourth-order valence-corrected chi connectivity index (χ4v) is 3.46. The zero-order valence-corrected chi connectivity index (χ0v) is 16.6. The average molecular weight is 402 g/mol. The van der Waals surface area contributed by atoms with E-state index in [1.807, 2.05) is 12.1 Å². The Bertz CT molecular complexity index is 953. The van der Waals surface area contributed by atoms with Crippen LogP contribution in [0.5, 0.6) is 0 Å². The number of nitrogens with zero attached hydrogens (tertiary/aromatic N) is 3. The van der Waals surface area contributed by atoms with Crippen molar-refractivity contribution in [1.29, 1.82) is 0 Å². The highest BCUT2D eigenvalue weighted by Gasteiger charge is 2.10. The lowest BCUT2D eigenvalue weighted by Gasteiger charge is -2.06. The van der Waals surface area contributed by atoms with E-state index in [1.165, 1.54) is 16.9 Å². The molecule has 1 amide bonds. The number of carbonyl (C=O) groups is 1. The molecule has 0 unspecified atom stereocenters. The molecule has 9 heteroatoms. The molecule has 2 heterocycles. The van der Waals surface area contributed by atoms with Gasteiger partial charge in [-0.05, 0) is 17.0 Å². The summed E-state index contributed by atoms with van der Waals surface area (Å²) in [6.07, 6.45) is 2.03. The van der Waals surface area contributed by atoms with Crippen LogP contribution in [0.25, 0.3) is 0 Å². The predicted octanol–water partition coefficient (Wildman–Crippen LogP) is 3.07. The first-order chi connectivity index (χ1) is 13.0. The van der Waals surface area contributed by atoms with Gasteiger partial charge >= 0.3 is 0 Å². The van der Waals surface area contributed by atoms with Crippen molar-refractivity contribution in [3.63, 3.8) is 0 Å². The Balaban J connectivity index is 1.58. The summed E-state index contributed by atoms with van der Waals surface area (Å²) < 4.78 is 0.